The molecule has 1 unspecified atom stereocenters. The van der Waals surface area contributed by atoms with Crippen molar-refractivity contribution in [3.63, 3.8) is 0 Å². The summed E-state index contributed by atoms with van der Waals surface area (Å²) in [5, 5.41) is 0. The van der Waals surface area contributed by atoms with Gasteiger partial charge in [-0.25, -0.2) is 4.98 Å². The number of nitrogens with zero attached hydrogens (tertiary/aromatic N) is 2. The van der Waals surface area contributed by atoms with Gasteiger partial charge in [0.15, 0.2) is 5.82 Å². The van der Waals surface area contributed by atoms with Crippen molar-refractivity contribution in [3.8, 4) is 0 Å². The Morgan fingerprint density at radius 1 is 1.71 bits per heavy atom. The monoisotopic (exact) mass is 193 g/mol. The molecule has 2 heterocycles. The third-order valence-corrected chi connectivity index (χ3v) is 2.85. The third kappa shape index (κ3) is 1.64. The fraction of sp³-hybridized carbons (Fsp3) is 0.600. The van der Waals surface area contributed by atoms with E-state index in [9.17, 15) is 4.79 Å². The summed E-state index contributed by atoms with van der Waals surface area (Å²) in [7, 11) is 0. The van der Waals surface area contributed by atoms with Gasteiger partial charge in [-0.2, -0.15) is 0 Å². The molecule has 0 aromatic carbocycles. The van der Waals surface area contributed by atoms with E-state index in [2.05, 4.69) is 21.8 Å². The molecule has 0 amide bonds. The van der Waals surface area contributed by atoms with Crippen LogP contribution in [0, 0.1) is 5.92 Å². The van der Waals surface area contributed by atoms with Gasteiger partial charge >= 0.3 is 0 Å². The van der Waals surface area contributed by atoms with E-state index in [4.69, 9.17) is 0 Å². The van der Waals surface area contributed by atoms with Gasteiger partial charge in [0, 0.05) is 25.5 Å². The SMILES string of the molecule is CCC1CCN(c2ncc[nH]c2=O)C1. The Balaban J connectivity index is 2.18. The highest BCUT2D eigenvalue weighted by Crippen LogP contribution is 2.21. The fourth-order valence-corrected chi connectivity index (χ4v) is 1.93. The molecule has 1 aliphatic heterocycles. The highest BCUT2D eigenvalue weighted by atomic mass is 16.1. The zero-order valence-electron chi connectivity index (χ0n) is 8.36. The van der Waals surface area contributed by atoms with Crippen molar-refractivity contribution >= 4 is 5.82 Å². The molecule has 0 spiro atoms. The van der Waals surface area contributed by atoms with Crippen LogP contribution in [0.1, 0.15) is 19.8 Å². The molecule has 4 heteroatoms. The minimum absolute atomic E-state index is 0.0794. The van der Waals surface area contributed by atoms with Gasteiger partial charge in [0.05, 0.1) is 0 Å². The van der Waals surface area contributed by atoms with Crippen molar-refractivity contribution < 1.29 is 0 Å². The van der Waals surface area contributed by atoms with Crippen molar-refractivity contribution in [1.82, 2.24) is 9.97 Å². The zero-order valence-corrected chi connectivity index (χ0v) is 8.36. The van der Waals surface area contributed by atoms with Gasteiger partial charge in [-0.1, -0.05) is 13.3 Å². The van der Waals surface area contributed by atoms with Crippen molar-refractivity contribution in [3.05, 3.63) is 22.7 Å². The van der Waals surface area contributed by atoms with E-state index < -0.39 is 0 Å². The van der Waals surface area contributed by atoms with E-state index >= 15 is 0 Å². The Hall–Kier alpha value is -1.32. The van der Waals surface area contributed by atoms with E-state index in [0.717, 1.165) is 19.0 Å². The molecule has 2 rings (SSSR count). The summed E-state index contributed by atoms with van der Waals surface area (Å²) in [6.45, 7) is 4.12. The van der Waals surface area contributed by atoms with Crippen LogP contribution in [-0.4, -0.2) is 23.1 Å². The van der Waals surface area contributed by atoms with Crippen molar-refractivity contribution in [2.75, 3.05) is 18.0 Å². The Labute approximate surface area is 83.0 Å². The zero-order chi connectivity index (χ0) is 9.97. The summed E-state index contributed by atoms with van der Waals surface area (Å²) >= 11 is 0. The number of aromatic nitrogens is 2. The highest BCUT2D eigenvalue weighted by molar-refractivity contribution is 5.36. The van der Waals surface area contributed by atoms with Crippen LogP contribution >= 0.6 is 0 Å². The fourth-order valence-electron chi connectivity index (χ4n) is 1.93. The molecule has 0 saturated carbocycles. The molecule has 0 radical (unpaired) electrons. The maximum Gasteiger partial charge on any atom is 0.290 e. The number of hydrogen-bond acceptors (Lipinski definition) is 3. The average Bonchev–Trinajstić information content (AvgIpc) is 2.67. The first-order valence-electron chi connectivity index (χ1n) is 5.10. The minimum Gasteiger partial charge on any atom is -0.352 e. The van der Waals surface area contributed by atoms with Crippen LogP contribution in [0.2, 0.25) is 0 Å². The Kier molecular flexibility index (Phi) is 2.52. The number of aromatic amines is 1. The smallest absolute Gasteiger partial charge is 0.290 e. The molecule has 76 valence electrons. The highest BCUT2D eigenvalue weighted by Gasteiger charge is 2.23. The molecule has 1 aromatic heterocycles. The van der Waals surface area contributed by atoms with E-state index in [-0.39, 0.29) is 5.56 Å². The number of H-pyrrole nitrogens is 1. The Morgan fingerprint density at radius 3 is 3.21 bits per heavy atom. The van der Waals surface area contributed by atoms with Gasteiger partial charge < -0.3 is 9.88 Å². The second-order valence-corrected chi connectivity index (χ2v) is 3.75. The second-order valence-electron chi connectivity index (χ2n) is 3.75. The van der Waals surface area contributed by atoms with Crippen LogP contribution in [0.5, 0.6) is 0 Å². The van der Waals surface area contributed by atoms with Gasteiger partial charge in [0.1, 0.15) is 0 Å². The maximum atomic E-state index is 11.4. The number of rotatable bonds is 2. The van der Waals surface area contributed by atoms with Crippen LogP contribution in [0.25, 0.3) is 0 Å². The molecular formula is C10H15N3O. The van der Waals surface area contributed by atoms with E-state index in [0.29, 0.717) is 5.82 Å². The van der Waals surface area contributed by atoms with Crippen molar-refractivity contribution in [1.29, 1.82) is 0 Å². The molecular weight excluding hydrogens is 178 g/mol. The first-order chi connectivity index (χ1) is 6.81. The summed E-state index contributed by atoms with van der Waals surface area (Å²) in [5.74, 6) is 1.29. The standard InChI is InChI=1S/C10H15N3O/c1-2-8-3-6-13(7-8)9-10(14)12-5-4-11-9/h4-5,8H,2-3,6-7H2,1H3,(H,12,14). The summed E-state index contributed by atoms with van der Waals surface area (Å²) in [6.07, 6.45) is 5.56. The average molecular weight is 193 g/mol. The van der Waals surface area contributed by atoms with Crippen LogP contribution in [0.15, 0.2) is 17.2 Å². The van der Waals surface area contributed by atoms with E-state index in [1.165, 1.54) is 12.8 Å². The normalized spacial score (nSPS) is 21.5. The second kappa shape index (κ2) is 3.82. The summed E-state index contributed by atoms with van der Waals surface area (Å²) < 4.78 is 0. The molecule has 1 fully saturated rings. The molecule has 1 aromatic rings. The van der Waals surface area contributed by atoms with Gasteiger partial charge in [0.25, 0.3) is 5.56 Å². The topological polar surface area (TPSA) is 49.0 Å². The first kappa shape index (κ1) is 9.24. The third-order valence-electron chi connectivity index (χ3n) is 2.85. The molecule has 1 aliphatic rings. The van der Waals surface area contributed by atoms with Crippen LogP contribution in [-0.2, 0) is 0 Å². The Morgan fingerprint density at radius 2 is 2.57 bits per heavy atom. The van der Waals surface area contributed by atoms with Gasteiger partial charge in [0.2, 0.25) is 0 Å². The predicted molar refractivity (Wildman–Crippen MR) is 55.5 cm³/mol. The lowest BCUT2D eigenvalue weighted by atomic mass is 10.1. The molecule has 4 nitrogen and oxygen atoms in total. The molecule has 14 heavy (non-hydrogen) atoms. The quantitative estimate of drug-likeness (QED) is 0.762. The maximum absolute atomic E-state index is 11.4. The molecule has 1 atom stereocenters. The summed E-state index contributed by atoms with van der Waals surface area (Å²) in [4.78, 5) is 20.3. The summed E-state index contributed by atoms with van der Waals surface area (Å²) in [5.41, 5.74) is -0.0794. The molecule has 0 aliphatic carbocycles. The van der Waals surface area contributed by atoms with Gasteiger partial charge in [-0.3, -0.25) is 4.79 Å². The lowest BCUT2D eigenvalue weighted by Crippen LogP contribution is -2.27. The predicted octanol–water partition coefficient (Wildman–Crippen LogP) is 1.01. The molecule has 0 bridgehead atoms. The van der Waals surface area contributed by atoms with E-state index in [1.54, 1.807) is 12.4 Å². The number of anilines is 1. The van der Waals surface area contributed by atoms with Crippen LogP contribution < -0.4 is 10.5 Å². The van der Waals surface area contributed by atoms with Crippen molar-refractivity contribution in [2.24, 2.45) is 5.92 Å². The number of nitrogens with one attached hydrogen (secondary N) is 1. The molecule has 1 N–H and O–H groups in total. The van der Waals surface area contributed by atoms with Crippen molar-refractivity contribution in [2.45, 2.75) is 19.8 Å². The largest absolute Gasteiger partial charge is 0.352 e. The van der Waals surface area contributed by atoms with E-state index in [1.807, 2.05) is 0 Å². The lowest BCUT2D eigenvalue weighted by molar-refractivity contribution is 0.568. The summed E-state index contributed by atoms with van der Waals surface area (Å²) in [6, 6.07) is 0. The first-order valence-corrected chi connectivity index (χ1v) is 5.10. The Bertz CT molecular complexity index is 360. The van der Waals surface area contributed by atoms with Gasteiger partial charge in [-0.15, -0.1) is 0 Å². The van der Waals surface area contributed by atoms with Gasteiger partial charge in [-0.05, 0) is 12.3 Å². The minimum atomic E-state index is -0.0794. The lowest BCUT2D eigenvalue weighted by Gasteiger charge is -2.15. The molecule has 1 saturated heterocycles. The van der Waals surface area contributed by atoms with Crippen LogP contribution in [0.4, 0.5) is 5.82 Å². The number of hydrogen-bond donors (Lipinski definition) is 1. The van der Waals surface area contributed by atoms with Crippen LogP contribution in [0.3, 0.4) is 0 Å².